The van der Waals surface area contributed by atoms with Crippen molar-refractivity contribution in [3.63, 3.8) is 0 Å². The first-order valence-electron chi connectivity index (χ1n) is 12.8. The fourth-order valence-corrected chi connectivity index (χ4v) is 5.08. The van der Waals surface area contributed by atoms with Gasteiger partial charge in [0.1, 0.15) is 5.25 Å². The molecule has 2 amide bonds. The zero-order chi connectivity index (χ0) is 28.5. The van der Waals surface area contributed by atoms with Gasteiger partial charge in [0.25, 0.3) is 0 Å². The Morgan fingerprint density at radius 2 is 1.43 bits per heavy atom. The van der Waals surface area contributed by atoms with Gasteiger partial charge in [-0.3, -0.25) is 14.5 Å². The first-order valence-corrected chi connectivity index (χ1v) is 13.7. The van der Waals surface area contributed by atoms with Crippen LogP contribution in [0.4, 0.5) is 11.4 Å². The number of nitrogens with zero attached hydrogens (tertiary/aromatic N) is 2. The highest BCUT2D eigenvalue weighted by Gasteiger charge is 2.39. The molecule has 3 aromatic carbocycles. The van der Waals surface area contributed by atoms with Gasteiger partial charge in [-0.25, -0.2) is 14.6 Å². The van der Waals surface area contributed by atoms with E-state index in [0.717, 1.165) is 5.56 Å². The highest BCUT2D eigenvalue weighted by Crippen LogP contribution is 2.33. The first-order chi connectivity index (χ1) is 19.4. The van der Waals surface area contributed by atoms with E-state index in [1.165, 1.54) is 11.8 Å². The summed E-state index contributed by atoms with van der Waals surface area (Å²) in [7, 11) is 0. The van der Waals surface area contributed by atoms with Gasteiger partial charge in [-0.15, -0.1) is 0 Å². The molecule has 40 heavy (non-hydrogen) atoms. The minimum atomic E-state index is -0.667. The van der Waals surface area contributed by atoms with Crippen molar-refractivity contribution in [2.45, 2.75) is 32.1 Å². The van der Waals surface area contributed by atoms with Crippen molar-refractivity contribution in [2.75, 3.05) is 18.5 Å². The number of hydrogen-bond acceptors (Lipinski definition) is 8. The number of anilines is 1. The van der Waals surface area contributed by atoms with Gasteiger partial charge < -0.3 is 14.8 Å². The van der Waals surface area contributed by atoms with Crippen LogP contribution in [0.25, 0.3) is 0 Å². The molecule has 0 saturated carbocycles. The summed E-state index contributed by atoms with van der Waals surface area (Å²) in [4.78, 5) is 56.4. The number of amides is 2. The lowest BCUT2D eigenvalue weighted by molar-refractivity contribution is -0.128. The molecule has 1 aliphatic heterocycles. The second-order valence-electron chi connectivity index (χ2n) is 8.73. The molecule has 0 radical (unpaired) electrons. The quantitative estimate of drug-likeness (QED) is 0.340. The Kier molecular flexibility index (Phi) is 9.69. The van der Waals surface area contributed by atoms with Gasteiger partial charge >= 0.3 is 11.9 Å². The molecule has 3 aromatic rings. The lowest BCUT2D eigenvalue weighted by atomic mass is 10.2. The zero-order valence-corrected chi connectivity index (χ0v) is 23.0. The fourth-order valence-electron chi connectivity index (χ4n) is 3.92. The van der Waals surface area contributed by atoms with Gasteiger partial charge in [0.05, 0.1) is 36.6 Å². The fraction of sp³-hybridized carbons (Fsp3) is 0.233. The summed E-state index contributed by atoms with van der Waals surface area (Å²) in [5.74, 6) is -1.41. The first kappa shape index (κ1) is 28.6. The third-order valence-corrected chi connectivity index (χ3v) is 7.03. The Hall–Kier alpha value is -4.44. The molecule has 1 heterocycles. The van der Waals surface area contributed by atoms with Crippen molar-refractivity contribution in [2.24, 2.45) is 4.99 Å². The molecule has 1 saturated heterocycles. The maximum atomic E-state index is 13.4. The molecule has 1 N–H and O–H groups in total. The van der Waals surface area contributed by atoms with Crippen molar-refractivity contribution in [1.82, 2.24) is 4.90 Å². The summed E-state index contributed by atoms with van der Waals surface area (Å²) in [6.45, 7) is 4.33. The van der Waals surface area contributed by atoms with Crippen LogP contribution in [0, 0.1) is 0 Å². The standard InChI is InChI=1S/C30H29N3O6S/c1-3-38-28(36)21-10-14-23(15-11-21)31-26(34)18-25-27(35)33(19-20-8-6-5-7-9-20)30(40-25)32-24-16-12-22(13-17-24)29(37)39-4-2/h5-17,25H,3-4,18-19H2,1-2H3,(H,31,34)/t25-/m0/s1. The molecule has 0 aliphatic carbocycles. The topological polar surface area (TPSA) is 114 Å². The van der Waals surface area contributed by atoms with E-state index in [2.05, 4.69) is 10.3 Å². The number of carbonyl (C=O) groups excluding carboxylic acids is 4. The van der Waals surface area contributed by atoms with E-state index in [4.69, 9.17) is 9.47 Å². The molecule has 9 nitrogen and oxygen atoms in total. The van der Waals surface area contributed by atoms with E-state index < -0.39 is 17.2 Å². The maximum Gasteiger partial charge on any atom is 0.338 e. The molecule has 0 unspecified atom stereocenters. The van der Waals surface area contributed by atoms with Crippen LogP contribution < -0.4 is 5.32 Å². The number of aliphatic imine (C=N–C) groups is 1. The summed E-state index contributed by atoms with van der Waals surface area (Å²) in [5, 5.41) is 2.59. The van der Waals surface area contributed by atoms with E-state index in [1.54, 1.807) is 67.3 Å². The van der Waals surface area contributed by atoms with Crippen molar-refractivity contribution < 1.29 is 28.7 Å². The van der Waals surface area contributed by atoms with Crippen molar-refractivity contribution in [3.8, 4) is 0 Å². The van der Waals surface area contributed by atoms with Crippen LogP contribution in [-0.4, -0.2) is 52.3 Å². The number of hydrogen-bond donors (Lipinski definition) is 1. The van der Waals surface area contributed by atoms with Gasteiger partial charge in [-0.2, -0.15) is 0 Å². The minimum Gasteiger partial charge on any atom is -0.462 e. The molecule has 1 atom stereocenters. The highest BCUT2D eigenvalue weighted by atomic mass is 32.2. The predicted octanol–water partition coefficient (Wildman–Crippen LogP) is 5.20. The van der Waals surface area contributed by atoms with E-state index in [-0.39, 0.29) is 31.4 Å². The van der Waals surface area contributed by atoms with Crippen LogP contribution in [0.2, 0.25) is 0 Å². The average Bonchev–Trinajstić information content (AvgIpc) is 3.23. The van der Waals surface area contributed by atoms with Crippen LogP contribution in [0.1, 0.15) is 46.5 Å². The van der Waals surface area contributed by atoms with Gasteiger partial charge in [-0.1, -0.05) is 42.1 Å². The molecule has 10 heteroatoms. The SMILES string of the molecule is CCOC(=O)c1ccc(N=C2S[C@@H](CC(=O)Nc3ccc(C(=O)OCC)cc3)C(=O)N2Cc2ccccc2)cc1. The van der Waals surface area contributed by atoms with E-state index in [9.17, 15) is 19.2 Å². The Labute approximate surface area is 236 Å². The normalized spacial score (nSPS) is 15.7. The number of carbonyl (C=O) groups is 4. The largest absolute Gasteiger partial charge is 0.462 e. The number of esters is 2. The maximum absolute atomic E-state index is 13.4. The van der Waals surface area contributed by atoms with Crippen LogP contribution in [0.5, 0.6) is 0 Å². The van der Waals surface area contributed by atoms with Crippen molar-refractivity contribution in [3.05, 3.63) is 95.6 Å². The van der Waals surface area contributed by atoms with Gasteiger partial charge in [-0.05, 0) is 67.9 Å². The molecule has 206 valence electrons. The number of ether oxygens (including phenoxy) is 2. The molecular formula is C30H29N3O6S. The van der Waals surface area contributed by atoms with Crippen LogP contribution in [0.15, 0.2) is 83.9 Å². The minimum absolute atomic E-state index is 0.0603. The van der Waals surface area contributed by atoms with Crippen LogP contribution in [-0.2, 0) is 25.6 Å². The predicted molar refractivity (Wildman–Crippen MR) is 154 cm³/mol. The number of thioether (sulfide) groups is 1. The zero-order valence-electron chi connectivity index (χ0n) is 22.2. The Balaban J connectivity index is 1.48. The van der Waals surface area contributed by atoms with Gasteiger partial charge in [0, 0.05) is 12.1 Å². The summed E-state index contributed by atoms with van der Waals surface area (Å²) in [6.07, 6.45) is -0.0603. The Morgan fingerprint density at radius 3 is 2.00 bits per heavy atom. The molecule has 4 rings (SSSR count). The second-order valence-corrected chi connectivity index (χ2v) is 9.90. The van der Waals surface area contributed by atoms with Gasteiger partial charge in [0.15, 0.2) is 5.17 Å². The second kappa shape index (κ2) is 13.6. The Bertz CT molecular complexity index is 1390. The Morgan fingerprint density at radius 1 is 0.850 bits per heavy atom. The molecule has 0 bridgehead atoms. The number of benzene rings is 3. The number of nitrogens with one attached hydrogen (secondary N) is 1. The third-order valence-electron chi connectivity index (χ3n) is 5.86. The third kappa shape index (κ3) is 7.35. The molecule has 0 spiro atoms. The smallest absolute Gasteiger partial charge is 0.338 e. The monoisotopic (exact) mass is 559 g/mol. The molecular weight excluding hydrogens is 530 g/mol. The van der Waals surface area contributed by atoms with E-state index in [1.807, 2.05) is 30.3 Å². The van der Waals surface area contributed by atoms with Crippen molar-refractivity contribution >= 4 is 52.1 Å². The number of amidine groups is 1. The lowest BCUT2D eigenvalue weighted by Crippen LogP contribution is -2.33. The van der Waals surface area contributed by atoms with E-state index >= 15 is 0 Å². The molecule has 1 fully saturated rings. The summed E-state index contributed by atoms with van der Waals surface area (Å²) in [5.41, 5.74) is 2.79. The number of rotatable bonds is 10. The molecule has 1 aliphatic rings. The average molecular weight is 560 g/mol. The van der Waals surface area contributed by atoms with Gasteiger partial charge in [0.2, 0.25) is 11.8 Å². The summed E-state index contributed by atoms with van der Waals surface area (Å²) in [6, 6.07) is 22.5. The summed E-state index contributed by atoms with van der Waals surface area (Å²) >= 11 is 1.22. The summed E-state index contributed by atoms with van der Waals surface area (Å²) < 4.78 is 10.0. The van der Waals surface area contributed by atoms with Crippen LogP contribution >= 0.6 is 11.8 Å². The van der Waals surface area contributed by atoms with Crippen LogP contribution in [0.3, 0.4) is 0 Å². The van der Waals surface area contributed by atoms with E-state index in [0.29, 0.717) is 34.2 Å². The van der Waals surface area contributed by atoms with Crippen molar-refractivity contribution in [1.29, 1.82) is 0 Å². The highest BCUT2D eigenvalue weighted by molar-refractivity contribution is 8.15. The molecule has 0 aromatic heterocycles. The lowest BCUT2D eigenvalue weighted by Gasteiger charge is -2.16.